The molecule has 0 spiro atoms. The molecule has 2 aliphatic heterocycles. The Bertz CT molecular complexity index is 1110. The van der Waals surface area contributed by atoms with Crippen LogP contribution in [0.25, 0.3) is 0 Å². The number of carbonyl (C=O) groups is 2. The van der Waals surface area contributed by atoms with E-state index in [0.29, 0.717) is 18.6 Å². The van der Waals surface area contributed by atoms with Crippen LogP contribution in [0, 0.1) is 6.92 Å². The monoisotopic (exact) mass is 467 g/mol. The normalized spacial score (nSPS) is 21.8. The number of para-hydroxylation sites is 2. The molecule has 1 N–H and O–H groups in total. The summed E-state index contributed by atoms with van der Waals surface area (Å²) < 4.78 is 0. The fourth-order valence-corrected chi connectivity index (χ4v) is 5.76. The quantitative estimate of drug-likeness (QED) is 0.523. The van der Waals surface area contributed by atoms with Gasteiger partial charge in [0.25, 0.3) is 5.91 Å². The van der Waals surface area contributed by atoms with Gasteiger partial charge in [-0.25, -0.2) is 0 Å². The number of rotatable bonds is 6. The minimum atomic E-state index is 0.00929. The maximum Gasteiger partial charge on any atom is 0.251 e. The highest BCUT2D eigenvalue weighted by Gasteiger charge is 2.40. The fraction of sp³-hybridized carbons (Fsp3) is 0.333. The predicted octanol–water partition coefficient (Wildman–Crippen LogP) is 5.48. The van der Waals surface area contributed by atoms with Crippen LogP contribution in [0.1, 0.15) is 48.0 Å². The number of hydrogen-bond acceptors (Lipinski definition) is 3. The van der Waals surface area contributed by atoms with Crippen molar-refractivity contribution >= 4 is 23.2 Å². The van der Waals surface area contributed by atoms with Gasteiger partial charge in [-0.15, -0.1) is 0 Å². The molecule has 0 radical (unpaired) electrons. The third kappa shape index (κ3) is 5.15. The van der Waals surface area contributed by atoms with Crippen molar-refractivity contribution in [3.8, 4) is 0 Å². The Morgan fingerprint density at radius 2 is 1.37 bits per heavy atom. The van der Waals surface area contributed by atoms with Gasteiger partial charge in [0.05, 0.1) is 6.54 Å². The van der Waals surface area contributed by atoms with Gasteiger partial charge in [0, 0.05) is 35.1 Å². The summed E-state index contributed by atoms with van der Waals surface area (Å²) in [7, 11) is 0. The molecule has 5 rings (SSSR count). The van der Waals surface area contributed by atoms with Crippen molar-refractivity contribution in [3.63, 3.8) is 0 Å². The zero-order chi connectivity index (χ0) is 24.2. The lowest BCUT2D eigenvalue weighted by molar-refractivity contribution is -0.121. The van der Waals surface area contributed by atoms with Gasteiger partial charge < -0.3 is 5.32 Å². The third-order valence-corrected chi connectivity index (χ3v) is 7.45. The summed E-state index contributed by atoms with van der Waals surface area (Å²) in [6.07, 6.45) is 5.09. The van der Waals surface area contributed by atoms with Crippen LogP contribution in [0.3, 0.4) is 0 Å². The van der Waals surface area contributed by atoms with Crippen LogP contribution < -0.4 is 10.2 Å². The Kier molecular flexibility index (Phi) is 6.96. The Balaban J connectivity index is 1.30. The summed E-state index contributed by atoms with van der Waals surface area (Å²) in [6.45, 7) is 2.36. The molecule has 0 unspecified atom stereocenters. The molecule has 5 heteroatoms. The predicted molar refractivity (Wildman–Crippen MR) is 140 cm³/mol. The number of fused-ring (bicyclic) bond motifs is 2. The van der Waals surface area contributed by atoms with Crippen LogP contribution in [-0.2, 0) is 4.79 Å². The van der Waals surface area contributed by atoms with E-state index in [9.17, 15) is 9.59 Å². The summed E-state index contributed by atoms with van der Waals surface area (Å²) in [5, 5.41) is 3.29. The first-order chi connectivity index (χ1) is 17.1. The number of benzene rings is 3. The molecular formula is C30H33N3O2. The van der Waals surface area contributed by atoms with Crippen molar-refractivity contribution < 1.29 is 9.59 Å². The first-order valence-corrected chi connectivity index (χ1v) is 12.7. The SMILES string of the molecule is Cc1ccccc1C(=O)NC1C[C@@H]2CCC[C@@H](C1)N2CC(=O)N(c1ccccc1)c1ccccc1. The number of nitrogens with zero attached hydrogens (tertiary/aromatic N) is 2. The largest absolute Gasteiger partial charge is 0.349 e. The number of amides is 2. The molecule has 3 aromatic carbocycles. The average molecular weight is 468 g/mol. The van der Waals surface area contributed by atoms with Gasteiger partial charge in [-0.2, -0.15) is 0 Å². The second-order valence-corrected chi connectivity index (χ2v) is 9.77. The summed E-state index contributed by atoms with van der Waals surface area (Å²) in [5.41, 5.74) is 3.51. The summed E-state index contributed by atoms with van der Waals surface area (Å²) in [5.74, 6) is 0.0942. The van der Waals surface area contributed by atoms with E-state index in [0.717, 1.165) is 48.2 Å². The highest BCUT2D eigenvalue weighted by atomic mass is 16.2. The maximum absolute atomic E-state index is 13.7. The molecule has 180 valence electrons. The minimum absolute atomic E-state index is 0.00929. The Labute approximate surface area is 207 Å². The molecular weight excluding hydrogens is 434 g/mol. The molecule has 2 heterocycles. The highest BCUT2D eigenvalue weighted by molar-refractivity contribution is 6.01. The number of anilines is 2. The van der Waals surface area contributed by atoms with Crippen LogP contribution in [0.15, 0.2) is 84.9 Å². The first-order valence-electron chi connectivity index (χ1n) is 12.7. The Morgan fingerprint density at radius 3 is 1.94 bits per heavy atom. The highest BCUT2D eigenvalue weighted by Crippen LogP contribution is 2.35. The Morgan fingerprint density at radius 1 is 0.829 bits per heavy atom. The second kappa shape index (κ2) is 10.4. The minimum Gasteiger partial charge on any atom is -0.349 e. The molecule has 2 bridgehead atoms. The van der Waals surface area contributed by atoms with E-state index < -0.39 is 0 Å². The molecule has 2 atom stereocenters. The van der Waals surface area contributed by atoms with Gasteiger partial charge in [-0.1, -0.05) is 61.0 Å². The van der Waals surface area contributed by atoms with Crippen LogP contribution in [-0.4, -0.2) is 41.4 Å². The molecule has 5 nitrogen and oxygen atoms in total. The average Bonchev–Trinajstić information content (AvgIpc) is 2.86. The summed E-state index contributed by atoms with van der Waals surface area (Å²) >= 11 is 0. The van der Waals surface area contributed by atoms with Gasteiger partial charge in [0.15, 0.2) is 0 Å². The van der Waals surface area contributed by atoms with E-state index in [1.54, 1.807) is 0 Å². The molecule has 35 heavy (non-hydrogen) atoms. The number of nitrogens with one attached hydrogen (secondary N) is 1. The Hall–Kier alpha value is -3.44. The molecule has 0 saturated carbocycles. The fourth-order valence-electron chi connectivity index (χ4n) is 5.76. The van der Waals surface area contributed by atoms with Gasteiger partial charge in [-0.05, 0) is 68.5 Å². The lowest BCUT2D eigenvalue weighted by Gasteiger charge is -2.49. The number of carbonyl (C=O) groups excluding carboxylic acids is 2. The molecule has 2 amide bonds. The second-order valence-electron chi connectivity index (χ2n) is 9.77. The lowest BCUT2D eigenvalue weighted by Crippen LogP contribution is -2.59. The van der Waals surface area contributed by atoms with E-state index in [1.807, 2.05) is 96.8 Å². The van der Waals surface area contributed by atoms with Crippen LogP contribution in [0.4, 0.5) is 11.4 Å². The van der Waals surface area contributed by atoms with E-state index in [4.69, 9.17) is 0 Å². The van der Waals surface area contributed by atoms with Gasteiger partial charge >= 0.3 is 0 Å². The summed E-state index contributed by atoms with van der Waals surface area (Å²) in [4.78, 5) is 30.9. The molecule has 0 aromatic heterocycles. The summed E-state index contributed by atoms with van der Waals surface area (Å²) in [6, 6.07) is 28.2. The molecule has 2 fully saturated rings. The lowest BCUT2D eigenvalue weighted by atomic mass is 9.81. The molecule has 2 aliphatic rings. The van der Waals surface area contributed by atoms with Crippen molar-refractivity contribution in [2.45, 2.75) is 57.2 Å². The molecule has 3 aromatic rings. The van der Waals surface area contributed by atoms with Crippen molar-refractivity contribution in [2.75, 3.05) is 11.4 Å². The van der Waals surface area contributed by atoms with Gasteiger partial charge in [0.2, 0.25) is 5.91 Å². The van der Waals surface area contributed by atoms with E-state index >= 15 is 0 Å². The van der Waals surface area contributed by atoms with E-state index in [-0.39, 0.29) is 17.9 Å². The number of hydrogen-bond donors (Lipinski definition) is 1. The van der Waals surface area contributed by atoms with Crippen molar-refractivity contribution in [3.05, 3.63) is 96.1 Å². The zero-order valence-electron chi connectivity index (χ0n) is 20.3. The number of aryl methyl sites for hydroxylation is 1. The van der Waals surface area contributed by atoms with Crippen molar-refractivity contribution in [1.29, 1.82) is 0 Å². The van der Waals surface area contributed by atoms with Crippen LogP contribution in [0.5, 0.6) is 0 Å². The van der Waals surface area contributed by atoms with E-state index in [1.165, 1.54) is 6.42 Å². The van der Waals surface area contributed by atoms with Crippen LogP contribution in [0.2, 0.25) is 0 Å². The maximum atomic E-state index is 13.7. The van der Waals surface area contributed by atoms with E-state index in [2.05, 4.69) is 10.2 Å². The van der Waals surface area contributed by atoms with Gasteiger partial charge in [-0.3, -0.25) is 19.4 Å². The molecule has 0 aliphatic carbocycles. The van der Waals surface area contributed by atoms with Crippen molar-refractivity contribution in [2.24, 2.45) is 0 Å². The third-order valence-electron chi connectivity index (χ3n) is 7.45. The number of piperidine rings is 2. The molecule has 2 saturated heterocycles. The van der Waals surface area contributed by atoms with Crippen molar-refractivity contribution in [1.82, 2.24) is 10.2 Å². The smallest absolute Gasteiger partial charge is 0.251 e. The zero-order valence-corrected chi connectivity index (χ0v) is 20.3. The topological polar surface area (TPSA) is 52.7 Å². The first kappa shape index (κ1) is 23.3. The van der Waals surface area contributed by atoms with Gasteiger partial charge in [0.1, 0.15) is 0 Å². The standard InChI is InChI=1S/C30H33N3O2/c1-22-11-8-9-18-28(22)30(35)31-23-19-26-16-10-17-27(20-23)32(26)21-29(34)33(24-12-4-2-5-13-24)25-14-6-3-7-15-25/h2-9,11-15,18,23,26-27H,10,16-17,19-21H2,1H3,(H,31,35)/t26-,27-/m0/s1. The van der Waals surface area contributed by atoms with Crippen LogP contribution >= 0.6 is 0 Å².